The first kappa shape index (κ1) is 15.7. The molecule has 1 unspecified atom stereocenters. The molecule has 1 fully saturated rings. The van der Waals surface area contributed by atoms with Gasteiger partial charge >= 0.3 is 5.97 Å². The summed E-state index contributed by atoms with van der Waals surface area (Å²) in [6.45, 7) is 4.26. The maximum Gasteiger partial charge on any atom is 0.305 e. The second-order valence-corrected chi connectivity index (χ2v) is 7.74. The number of aromatic nitrogens is 2. The fraction of sp³-hybridized carbons (Fsp3) is 0.615. The lowest BCUT2D eigenvalue weighted by Gasteiger charge is -2.35. The highest BCUT2D eigenvalue weighted by Gasteiger charge is 2.33. The van der Waals surface area contributed by atoms with Gasteiger partial charge in [0.05, 0.1) is 24.0 Å². The van der Waals surface area contributed by atoms with E-state index >= 15 is 0 Å². The molecule has 2 rings (SSSR count). The Balaban J connectivity index is 2.31. The molecule has 1 aliphatic rings. The van der Waals surface area contributed by atoms with Crippen LogP contribution < -0.4 is 4.90 Å². The van der Waals surface area contributed by atoms with Crippen molar-refractivity contribution in [2.24, 2.45) is 0 Å². The number of anilines is 1. The molecule has 1 atom stereocenters. The van der Waals surface area contributed by atoms with E-state index < -0.39 is 21.8 Å². The number of carbonyl (C=O) groups is 1. The van der Waals surface area contributed by atoms with Crippen LogP contribution in [0.25, 0.3) is 0 Å². The van der Waals surface area contributed by atoms with Gasteiger partial charge in [0.25, 0.3) is 0 Å². The number of hydrogen-bond donors (Lipinski definition) is 1. The predicted molar refractivity (Wildman–Crippen MR) is 78.2 cm³/mol. The second-order valence-electron chi connectivity index (χ2n) is 5.52. The van der Waals surface area contributed by atoms with Gasteiger partial charge in [0.2, 0.25) is 0 Å². The quantitative estimate of drug-likeness (QED) is 0.872. The normalized spacial score (nSPS) is 21.5. The zero-order valence-electron chi connectivity index (χ0n) is 12.1. The van der Waals surface area contributed by atoms with Crippen LogP contribution in [0.5, 0.6) is 0 Å². The average Bonchev–Trinajstić information content (AvgIpc) is 2.37. The fourth-order valence-corrected chi connectivity index (χ4v) is 3.92. The first-order chi connectivity index (χ1) is 9.78. The summed E-state index contributed by atoms with van der Waals surface area (Å²) in [6.07, 6.45) is 1.21. The van der Waals surface area contributed by atoms with E-state index in [-0.39, 0.29) is 30.4 Å². The van der Waals surface area contributed by atoms with Gasteiger partial charge < -0.3 is 10.0 Å². The number of hydrogen-bond acceptors (Lipinski definition) is 6. The molecule has 8 heteroatoms. The molecule has 0 aromatic carbocycles. The van der Waals surface area contributed by atoms with Crippen LogP contribution in [0.3, 0.4) is 0 Å². The largest absolute Gasteiger partial charge is 0.481 e. The van der Waals surface area contributed by atoms with E-state index in [1.807, 2.05) is 13.8 Å². The first-order valence-electron chi connectivity index (χ1n) is 6.79. The monoisotopic (exact) mass is 313 g/mol. The van der Waals surface area contributed by atoms with E-state index in [0.29, 0.717) is 5.82 Å². The molecule has 1 aromatic heterocycles. The fourth-order valence-electron chi connectivity index (χ4n) is 2.39. The molecule has 1 aromatic rings. The highest BCUT2D eigenvalue weighted by molar-refractivity contribution is 7.91. The summed E-state index contributed by atoms with van der Waals surface area (Å²) in [6, 6.07) is 1.22. The summed E-state index contributed by atoms with van der Waals surface area (Å²) >= 11 is 0. The van der Waals surface area contributed by atoms with Crippen molar-refractivity contribution >= 4 is 21.6 Å². The van der Waals surface area contributed by atoms with Crippen LogP contribution in [0.4, 0.5) is 5.82 Å². The molecule has 116 valence electrons. The van der Waals surface area contributed by atoms with Gasteiger partial charge in [-0.15, -0.1) is 0 Å². The van der Waals surface area contributed by atoms with Crippen LogP contribution in [0.2, 0.25) is 0 Å². The Labute approximate surface area is 123 Å². The molecule has 0 aliphatic carbocycles. The Kier molecular flexibility index (Phi) is 4.46. The standard InChI is InChI=1S/C13H19N3O4S/c1-9(2)11-6-12(15-8-14-11)16-3-4-21(19,20)7-10(16)5-13(17)18/h6,8-10H,3-5,7H2,1-2H3,(H,17,18). The van der Waals surface area contributed by atoms with Crippen LogP contribution in [0.1, 0.15) is 31.9 Å². The Morgan fingerprint density at radius 3 is 2.81 bits per heavy atom. The average molecular weight is 313 g/mol. The summed E-state index contributed by atoms with van der Waals surface area (Å²) in [5, 5.41) is 8.99. The second kappa shape index (κ2) is 5.97. The number of aliphatic carboxylic acids is 1. The van der Waals surface area contributed by atoms with Gasteiger partial charge in [0.1, 0.15) is 12.1 Å². The van der Waals surface area contributed by atoms with Crippen LogP contribution in [0, 0.1) is 0 Å². The van der Waals surface area contributed by atoms with E-state index in [1.54, 1.807) is 11.0 Å². The van der Waals surface area contributed by atoms with Gasteiger partial charge in [-0.05, 0) is 5.92 Å². The topological polar surface area (TPSA) is 100 Å². The van der Waals surface area contributed by atoms with E-state index in [4.69, 9.17) is 5.11 Å². The number of nitrogens with zero attached hydrogens (tertiary/aromatic N) is 3. The number of carboxylic acids is 1. The Morgan fingerprint density at radius 1 is 1.48 bits per heavy atom. The maximum absolute atomic E-state index is 11.7. The maximum atomic E-state index is 11.7. The molecule has 0 saturated carbocycles. The minimum absolute atomic E-state index is 0.0180. The van der Waals surface area contributed by atoms with Crippen LogP contribution >= 0.6 is 0 Å². The van der Waals surface area contributed by atoms with E-state index in [9.17, 15) is 13.2 Å². The van der Waals surface area contributed by atoms with Crippen LogP contribution in [-0.2, 0) is 14.6 Å². The molecular formula is C13H19N3O4S. The van der Waals surface area contributed by atoms with Crippen molar-refractivity contribution in [3.05, 3.63) is 18.1 Å². The van der Waals surface area contributed by atoms with E-state index in [0.717, 1.165) is 5.69 Å². The summed E-state index contributed by atoms with van der Waals surface area (Å²) in [7, 11) is -3.19. The molecule has 1 N–H and O–H groups in total. The summed E-state index contributed by atoms with van der Waals surface area (Å²) < 4.78 is 23.5. The third-order valence-electron chi connectivity index (χ3n) is 3.50. The molecular weight excluding hydrogens is 294 g/mol. The highest BCUT2D eigenvalue weighted by Crippen LogP contribution is 2.23. The van der Waals surface area contributed by atoms with E-state index in [1.165, 1.54) is 6.33 Å². The van der Waals surface area contributed by atoms with Crippen molar-refractivity contribution in [3.63, 3.8) is 0 Å². The van der Waals surface area contributed by atoms with Crippen LogP contribution in [-0.4, -0.2) is 53.6 Å². The molecule has 0 bridgehead atoms. The van der Waals surface area contributed by atoms with Gasteiger partial charge in [-0.3, -0.25) is 4.79 Å². The predicted octanol–water partition coefficient (Wildman–Crippen LogP) is 0.678. The van der Waals surface area contributed by atoms with Crippen molar-refractivity contribution in [3.8, 4) is 0 Å². The third-order valence-corrected chi connectivity index (χ3v) is 5.20. The zero-order chi connectivity index (χ0) is 15.6. The Hall–Kier alpha value is -1.70. The minimum atomic E-state index is -3.19. The Morgan fingerprint density at radius 2 is 2.19 bits per heavy atom. The first-order valence-corrected chi connectivity index (χ1v) is 8.61. The zero-order valence-corrected chi connectivity index (χ0v) is 12.9. The van der Waals surface area contributed by atoms with Crippen molar-refractivity contribution in [1.82, 2.24) is 9.97 Å². The van der Waals surface area contributed by atoms with E-state index in [2.05, 4.69) is 9.97 Å². The van der Waals surface area contributed by atoms with Crippen molar-refractivity contribution in [2.45, 2.75) is 32.2 Å². The highest BCUT2D eigenvalue weighted by atomic mass is 32.2. The SMILES string of the molecule is CC(C)c1cc(N2CCS(=O)(=O)CC2CC(=O)O)ncn1. The minimum Gasteiger partial charge on any atom is -0.481 e. The van der Waals surface area contributed by atoms with Gasteiger partial charge in [-0.1, -0.05) is 13.8 Å². The van der Waals surface area contributed by atoms with Gasteiger partial charge in [-0.2, -0.15) is 0 Å². The number of sulfone groups is 1. The van der Waals surface area contributed by atoms with Crippen molar-refractivity contribution < 1.29 is 18.3 Å². The summed E-state index contributed by atoms with van der Waals surface area (Å²) in [4.78, 5) is 21.1. The van der Waals surface area contributed by atoms with Gasteiger partial charge in [0, 0.05) is 18.3 Å². The molecule has 7 nitrogen and oxygen atoms in total. The lowest BCUT2D eigenvalue weighted by molar-refractivity contribution is -0.137. The molecule has 0 amide bonds. The number of rotatable bonds is 4. The molecule has 2 heterocycles. The van der Waals surface area contributed by atoms with Gasteiger partial charge in [0.15, 0.2) is 9.84 Å². The molecule has 0 radical (unpaired) electrons. The third kappa shape index (κ3) is 3.90. The lowest BCUT2D eigenvalue weighted by atomic mass is 10.1. The summed E-state index contributed by atoms with van der Waals surface area (Å²) in [5.41, 5.74) is 0.850. The van der Waals surface area contributed by atoms with Crippen molar-refractivity contribution in [1.29, 1.82) is 0 Å². The summed E-state index contributed by atoms with van der Waals surface area (Å²) in [5.74, 6) is -0.335. The molecule has 1 saturated heterocycles. The Bertz CT molecular complexity index is 630. The van der Waals surface area contributed by atoms with Crippen molar-refractivity contribution in [2.75, 3.05) is 23.0 Å². The molecule has 21 heavy (non-hydrogen) atoms. The van der Waals surface area contributed by atoms with Crippen LogP contribution in [0.15, 0.2) is 12.4 Å². The number of carboxylic acid groups (broad SMARTS) is 1. The molecule has 0 spiro atoms. The smallest absolute Gasteiger partial charge is 0.305 e. The molecule has 1 aliphatic heterocycles. The van der Waals surface area contributed by atoms with Gasteiger partial charge in [-0.25, -0.2) is 18.4 Å². The lowest BCUT2D eigenvalue weighted by Crippen LogP contribution is -2.50.